The zero-order valence-electron chi connectivity index (χ0n) is 10.1. The van der Waals surface area contributed by atoms with E-state index < -0.39 is 12.0 Å². The number of nitrogens with one attached hydrogen (secondary N) is 1. The van der Waals surface area contributed by atoms with Gasteiger partial charge in [-0.25, -0.2) is 9.59 Å². The fourth-order valence-corrected chi connectivity index (χ4v) is 1.57. The number of carbonyl (C=O) groups is 2. The average Bonchev–Trinajstić information content (AvgIpc) is 2.97. The van der Waals surface area contributed by atoms with Crippen molar-refractivity contribution in [2.24, 2.45) is 5.92 Å². The summed E-state index contributed by atoms with van der Waals surface area (Å²) >= 11 is 0. The third-order valence-corrected chi connectivity index (χ3v) is 2.72. The van der Waals surface area contributed by atoms with Gasteiger partial charge in [0.2, 0.25) is 0 Å². The van der Waals surface area contributed by atoms with E-state index in [2.05, 4.69) is 5.32 Å². The maximum Gasteiger partial charge on any atom is 0.326 e. The molecular formula is C11H20N2O3. The molecule has 0 unspecified atom stereocenters. The Balaban J connectivity index is 2.46. The first-order valence-corrected chi connectivity index (χ1v) is 5.68. The molecule has 0 bridgehead atoms. The summed E-state index contributed by atoms with van der Waals surface area (Å²) in [6, 6.07) is -0.766. The molecule has 5 nitrogen and oxygen atoms in total. The van der Waals surface area contributed by atoms with Crippen LogP contribution < -0.4 is 5.32 Å². The molecule has 0 radical (unpaired) electrons. The normalized spacial score (nSPS) is 17.0. The van der Waals surface area contributed by atoms with Gasteiger partial charge in [-0.3, -0.25) is 0 Å². The van der Waals surface area contributed by atoms with E-state index in [1.165, 1.54) is 0 Å². The number of amides is 2. The SMILES string of the molecule is CC(C)C[C@H](NC(=O)N(C)C1CC1)C(=O)O. The van der Waals surface area contributed by atoms with Gasteiger partial charge in [-0.1, -0.05) is 13.8 Å². The van der Waals surface area contributed by atoms with Crippen molar-refractivity contribution in [3.63, 3.8) is 0 Å². The minimum absolute atomic E-state index is 0.243. The first-order chi connectivity index (χ1) is 7.41. The second-order valence-corrected chi connectivity index (χ2v) is 4.81. The summed E-state index contributed by atoms with van der Waals surface area (Å²) in [4.78, 5) is 24.2. The summed E-state index contributed by atoms with van der Waals surface area (Å²) in [5, 5.41) is 11.5. The molecule has 0 aromatic carbocycles. The number of carboxylic acids is 1. The standard InChI is InChI=1S/C11H20N2O3/c1-7(2)6-9(10(14)15)12-11(16)13(3)8-4-5-8/h7-9H,4-6H2,1-3H3,(H,12,16)(H,14,15)/t9-/m0/s1. The maximum absolute atomic E-state index is 11.7. The van der Waals surface area contributed by atoms with Crippen LogP contribution in [0.1, 0.15) is 33.1 Å². The molecule has 92 valence electrons. The van der Waals surface area contributed by atoms with Crippen LogP contribution in [0.4, 0.5) is 4.79 Å². The zero-order chi connectivity index (χ0) is 12.3. The van der Waals surface area contributed by atoms with Crippen LogP contribution in [-0.4, -0.2) is 41.1 Å². The maximum atomic E-state index is 11.7. The lowest BCUT2D eigenvalue weighted by atomic mass is 10.0. The van der Waals surface area contributed by atoms with Gasteiger partial charge in [0.25, 0.3) is 0 Å². The van der Waals surface area contributed by atoms with Crippen LogP contribution in [0.3, 0.4) is 0 Å². The highest BCUT2D eigenvalue weighted by Crippen LogP contribution is 2.25. The van der Waals surface area contributed by atoms with E-state index in [0.29, 0.717) is 12.5 Å². The first-order valence-electron chi connectivity index (χ1n) is 5.68. The number of carboxylic acid groups (broad SMARTS) is 1. The number of carbonyl (C=O) groups excluding carboxylic acids is 1. The molecule has 1 rings (SSSR count). The topological polar surface area (TPSA) is 69.6 Å². The molecule has 1 saturated carbocycles. The van der Waals surface area contributed by atoms with Crippen LogP contribution in [0.5, 0.6) is 0 Å². The summed E-state index contributed by atoms with van der Waals surface area (Å²) in [6.45, 7) is 3.87. The molecule has 0 aliphatic heterocycles. The van der Waals surface area contributed by atoms with E-state index in [4.69, 9.17) is 5.11 Å². The molecule has 1 aliphatic carbocycles. The Morgan fingerprint density at radius 3 is 2.38 bits per heavy atom. The quantitative estimate of drug-likeness (QED) is 0.745. The fourth-order valence-electron chi connectivity index (χ4n) is 1.57. The van der Waals surface area contributed by atoms with Crippen LogP contribution in [0.2, 0.25) is 0 Å². The summed E-state index contributed by atoms with van der Waals surface area (Å²) in [7, 11) is 1.71. The van der Waals surface area contributed by atoms with Crippen molar-refractivity contribution in [2.75, 3.05) is 7.05 Å². The number of aliphatic carboxylic acids is 1. The van der Waals surface area contributed by atoms with Gasteiger partial charge in [0.05, 0.1) is 0 Å². The molecule has 2 N–H and O–H groups in total. The zero-order valence-corrected chi connectivity index (χ0v) is 10.1. The minimum Gasteiger partial charge on any atom is -0.480 e. The van der Waals surface area contributed by atoms with E-state index in [0.717, 1.165) is 12.8 Å². The van der Waals surface area contributed by atoms with E-state index >= 15 is 0 Å². The lowest BCUT2D eigenvalue weighted by molar-refractivity contribution is -0.139. The molecular weight excluding hydrogens is 208 g/mol. The van der Waals surface area contributed by atoms with E-state index in [1.807, 2.05) is 13.8 Å². The molecule has 1 fully saturated rings. The second kappa shape index (κ2) is 5.18. The Morgan fingerprint density at radius 1 is 1.44 bits per heavy atom. The van der Waals surface area contributed by atoms with Crippen molar-refractivity contribution < 1.29 is 14.7 Å². The molecule has 2 amide bonds. The summed E-state index contributed by atoms with van der Waals surface area (Å²) < 4.78 is 0. The van der Waals surface area contributed by atoms with Crippen molar-refractivity contribution >= 4 is 12.0 Å². The Hall–Kier alpha value is -1.26. The van der Waals surface area contributed by atoms with E-state index in [-0.39, 0.29) is 11.9 Å². The Morgan fingerprint density at radius 2 is 2.00 bits per heavy atom. The highest BCUT2D eigenvalue weighted by Gasteiger charge is 2.31. The van der Waals surface area contributed by atoms with Gasteiger partial charge in [0, 0.05) is 13.1 Å². The smallest absolute Gasteiger partial charge is 0.326 e. The number of hydrogen-bond acceptors (Lipinski definition) is 2. The third kappa shape index (κ3) is 3.72. The average molecular weight is 228 g/mol. The highest BCUT2D eigenvalue weighted by molar-refractivity contribution is 5.82. The summed E-state index contributed by atoms with van der Waals surface area (Å²) in [6.07, 6.45) is 2.50. The van der Waals surface area contributed by atoms with Crippen LogP contribution in [0.15, 0.2) is 0 Å². The van der Waals surface area contributed by atoms with Gasteiger partial charge in [0.1, 0.15) is 6.04 Å². The molecule has 0 aromatic heterocycles. The van der Waals surface area contributed by atoms with Crippen LogP contribution >= 0.6 is 0 Å². The van der Waals surface area contributed by atoms with Gasteiger partial charge >= 0.3 is 12.0 Å². The lowest BCUT2D eigenvalue weighted by Crippen LogP contribution is -2.47. The van der Waals surface area contributed by atoms with Crippen molar-refractivity contribution in [1.82, 2.24) is 10.2 Å². The van der Waals surface area contributed by atoms with Gasteiger partial charge in [-0.15, -0.1) is 0 Å². The molecule has 1 atom stereocenters. The van der Waals surface area contributed by atoms with Crippen LogP contribution in [-0.2, 0) is 4.79 Å². The molecule has 0 spiro atoms. The Bertz CT molecular complexity index is 274. The predicted molar refractivity (Wildman–Crippen MR) is 60.2 cm³/mol. The number of hydrogen-bond donors (Lipinski definition) is 2. The van der Waals surface area contributed by atoms with Crippen molar-refractivity contribution in [3.8, 4) is 0 Å². The minimum atomic E-state index is -0.966. The Kier molecular flexibility index (Phi) is 4.15. The molecule has 0 aromatic rings. The molecule has 5 heteroatoms. The van der Waals surface area contributed by atoms with Gasteiger partial charge < -0.3 is 15.3 Å². The molecule has 0 heterocycles. The first kappa shape index (κ1) is 12.8. The third-order valence-electron chi connectivity index (χ3n) is 2.72. The molecule has 0 saturated heterocycles. The van der Waals surface area contributed by atoms with E-state index in [1.54, 1.807) is 11.9 Å². The number of urea groups is 1. The van der Waals surface area contributed by atoms with Gasteiger partial charge in [-0.05, 0) is 25.2 Å². The fraction of sp³-hybridized carbons (Fsp3) is 0.818. The highest BCUT2D eigenvalue weighted by atomic mass is 16.4. The van der Waals surface area contributed by atoms with E-state index in [9.17, 15) is 9.59 Å². The molecule has 16 heavy (non-hydrogen) atoms. The largest absolute Gasteiger partial charge is 0.480 e. The predicted octanol–water partition coefficient (Wildman–Crippen LogP) is 1.29. The van der Waals surface area contributed by atoms with Crippen molar-refractivity contribution in [2.45, 2.75) is 45.2 Å². The van der Waals surface area contributed by atoms with Gasteiger partial charge in [0.15, 0.2) is 0 Å². The molecule has 1 aliphatic rings. The lowest BCUT2D eigenvalue weighted by Gasteiger charge is -2.22. The Labute approximate surface area is 95.8 Å². The summed E-state index contributed by atoms with van der Waals surface area (Å²) in [5.74, 6) is -0.723. The number of nitrogens with zero attached hydrogens (tertiary/aromatic N) is 1. The van der Waals surface area contributed by atoms with Crippen molar-refractivity contribution in [3.05, 3.63) is 0 Å². The van der Waals surface area contributed by atoms with Crippen molar-refractivity contribution in [1.29, 1.82) is 0 Å². The second-order valence-electron chi connectivity index (χ2n) is 4.81. The van der Waals surface area contributed by atoms with Gasteiger partial charge in [-0.2, -0.15) is 0 Å². The van der Waals surface area contributed by atoms with Crippen LogP contribution in [0, 0.1) is 5.92 Å². The van der Waals surface area contributed by atoms with Crippen LogP contribution in [0.25, 0.3) is 0 Å². The monoisotopic (exact) mass is 228 g/mol. The number of rotatable bonds is 5. The summed E-state index contributed by atoms with van der Waals surface area (Å²) in [5.41, 5.74) is 0.